The summed E-state index contributed by atoms with van der Waals surface area (Å²) in [7, 11) is -2.15. The summed E-state index contributed by atoms with van der Waals surface area (Å²) in [5, 5.41) is 2.82. The minimum atomic E-state index is -3.72. The van der Waals surface area contributed by atoms with Crippen LogP contribution in [0.15, 0.2) is 29.2 Å². The number of nitrogens with zero attached hydrogens (tertiary/aromatic N) is 3. The molecule has 0 saturated carbocycles. The molecule has 2 aliphatic heterocycles. The smallest absolute Gasteiger partial charge is 0.255 e. The van der Waals surface area contributed by atoms with Crippen LogP contribution < -0.4 is 10.2 Å². The van der Waals surface area contributed by atoms with E-state index in [2.05, 4.69) is 16.3 Å². The molecule has 1 unspecified atom stereocenters. The molecule has 2 aromatic rings. The molecule has 11 heteroatoms. The molecule has 1 aromatic heterocycles. The first-order chi connectivity index (χ1) is 17.0. The Morgan fingerprint density at radius 1 is 1.11 bits per heavy atom. The van der Waals surface area contributed by atoms with E-state index in [9.17, 15) is 18.0 Å². The molecule has 2 amide bonds. The van der Waals surface area contributed by atoms with Gasteiger partial charge in [-0.05, 0) is 49.6 Å². The summed E-state index contributed by atoms with van der Waals surface area (Å²) in [4.78, 5) is 34.5. The van der Waals surface area contributed by atoms with Gasteiger partial charge in [0.25, 0.3) is 5.91 Å². The van der Waals surface area contributed by atoms with Gasteiger partial charge in [0, 0.05) is 57.7 Å². The molecule has 3 heterocycles. The normalized spacial score (nSPS) is 20.0. The largest absolute Gasteiger partial charge is 0.384 e. The topological polar surface area (TPSA) is 109 Å². The quantitative estimate of drug-likeness (QED) is 0.587. The van der Waals surface area contributed by atoms with Crippen LogP contribution in [-0.2, 0) is 19.4 Å². The van der Waals surface area contributed by atoms with Crippen LogP contribution in [0.3, 0.4) is 0 Å². The average molecular weight is 551 g/mol. The number of nitrogens with one attached hydrogen (secondary N) is 1. The summed E-state index contributed by atoms with van der Waals surface area (Å²) in [6.45, 7) is 9.03. The molecule has 1 aromatic carbocycles. The van der Waals surface area contributed by atoms with E-state index in [1.165, 1.54) is 6.07 Å². The van der Waals surface area contributed by atoms with E-state index in [-0.39, 0.29) is 40.6 Å². The standard InChI is InChI=1S/C26H34N4O5S.ClH/c1-16-12-17(2)24(28-18(16)3)29-8-10-30(11-9-29)26(32)21-7-6-19(13-22(21)36(5,33)34)23-20(15-35-4)14-27-25(23)31;/h6-7,12-13,20,23H,8-11,14-15H2,1-5H3,(H,27,31);1H/t20?,23-;/m0./s1. The summed E-state index contributed by atoms with van der Waals surface area (Å²) in [5.41, 5.74) is 3.93. The molecule has 0 spiro atoms. The van der Waals surface area contributed by atoms with E-state index >= 15 is 0 Å². The Labute approximate surface area is 224 Å². The predicted molar refractivity (Wildman–Crippen MR) is 144 cm³/mol. The number of halogens is 1. The highest BCUT2D eigenvalue weighted by Crippen LogP contribution is 2.32. The van der Waals surface area contributed by atoms with Crippen molar-refractivity contribution in [1.29, 1.82) is 0 Å². The van der Waals surface area contributed by atoms with Crippen molar-refractivity contribution >= 4 is 39.9 Å². The van der Waals surface area contributed by atoms with Crippen LogP contribution in [0, 0.1) is 26.7 Å². The van der Waals surface area contributed by atoms with Crippen molar-refractivity contribution in [3.05, 3.63) is 52.2 Å². The zero-order valence-corrected chi connectivity index (χ0v) is 23.5. The first-order valence-corrected chi connectivity index (χ1v) is 14.0. The number of hydrogen-bond donors (Lipinski definition) is 1. The fraction of sp³-hybridized carbons (Fsp3) is 0.500. The van der Waals surface area contributed by atoms with Crippen molar-refractivity contribution in [2.75, 3.05) is 57.6 Å². The van der Waals surface area contributed by atoms with Gasteiger partial charge in [0.2, 0.25) is 5.91 Å². The maximum Gasteiger partial charge on any atom is 0.255 e. The molecule has 4 rings (SSSR count). The number of piperazine rings is 1. The molecule has 0 radical (unpaired) electrons. The number of carbonyl (C=O) groups excluding carboxylic acids is 2. The molecule has 37 heavy (non-hydrogen) atoms. The number of carbonyl (C=O) groups is 2. The van der Waals surface area contributed by atoms with E-state index < -0.39 is 15.8 Å². The Kier molecular flexibility index (Phi) is 8.87. The minimum Gasteiger partial charge on any atom is -0.384 e. The van der Waals surface area contributed by atoms with Crippen LogP contribution in [0.5, 0.6) is 0 Å². The summed E-state index contributed by atoms with van der Waals surface area (Å²) in [6, 6.07) is 6.85. The SMILES string of the molecule is COCC1CNC(=O)[C@H]1c1ccc(C(=O)N2CCN(c3nc(C)c(C)cc3C)CC2)c(S(C)(=O)=O)c1.Cl. The second kappa shape index (κ2) is 11.4. The Morgan fingerprint density at radius 3 is 2.41 bits per heavy atom. The van der Waals surface area contributed by atoms with E-state index in [0.29, 0.717) is 44.9 Å². The van der Waals surface area contributed by atoms with Crippen molar-refractivity contribution in [3.63, 3.8) is 0 Å². The molecule has 1 N–H and O–H groups in total. The van der Waals surface area contributed by atoms with Crippen LogP contribution in [0.4, 0.5) is 5.82 Å². The molecular formula is C26H35ClN4O5S. The third-order valence-corrected chi connectivity index (χ3v) is 8.30. The molecule has 0 bridgehead atoms. The summed E-state index contributed by atoms with van der Waals surface area (Å²) in [5.74, 6) is -0.191. The van der Waals surface area contributed by atoms with Crippen molar-refractivity contribution in [3.8, 4) is 0 Å². The van der Waals surface area contributed by atoms with Gasteiger partial charge in [-0.25, -0.2) is 13.4 Å². The third-order valence-electron chi connectivity index (χ3n) is 7.16. The zero-order chi connectivity index (χ0) is 26.2. The van der Waals surface area contributed by atoms with Crippen LogP contribution in [-0.4, -0.2) is 82.8 Å². The van der Waals surface area contributed by atoms with Crippen LogP contribution in [0.1, 0.15) is 38.7 Å². The van der Waals surface area contributed by atoms with Crippen molar-refractivity contribution < 1.29 is 22.7 Å². The second-order valence-corrected chi connectivity index (χ2v) is 11.8. The average Bonchev–Trinajstić information content (AvgIpc) is 3.20. The lowest BCUT2D eigenvalue weighted by atomic mass is 9.88. The fourth-order valence-electron chi connectivity index (χ4n) is 5.12. The van der Waals surface area contributed by atoms with E-state index in [4.69, 9.17) is 9.72 Å². The Hall–Kier alpha value is -2.69. The monoisotopic (exact) mass is 550 g/mol. The van der Waals surface area contributed by atoms with Gasteiger partial charge < -0.3 is 19.9 Å². The van der Waals surface area contributed by atoms with Gasteiger partial charge in [0.15, 0.2) is 9.84 Å². The number of amides is 2. The number of anilines is 1. The van der Waals surface area contributed by atoms with Gasteiger partial charge >= 0.3 is 0 Å². The molecule has 9 nitrogen and oxygen atoms in total. The number of hydrogen-bond acceptors (Lipinski definition) is 7. The van der Waals surface area contributed by atoms with E-state index in [1.807, 2.05) is 20.8 Å². The van der Waals surface area contributed by atoms with Crippen molar-refractivity contribution in [1.82, 2.24) is 15.2 Å². The molecule has 2 aliphatic rings. The van der Waals surface area contributed by atoms with Crippen molar-refractivity contribution in [2.45, 2.75) is 31.6 Å². The first kappa shape index (κ1) is 28.9. The number of aryl methyl sites for hydroxylation is 3. The van der Waals surface area contributed by atoms with Gasteiger partial charge in [0.1, 0.15) is 5.82 Å². The van der Waals surface area contributed by atoms with Gasteiger partial charge in [-0.2, -0.15) is 0 Å². The van der Waals surface area contributed by atoms with Gasteiger partial charge in [-0.15, -0.1) is 12.4 Å². The number of ether oxygens (including phenoxy) is 1. The van der Waals surface area contributed by atoms with Crippen molar-refractivity contribution in [2.24, 2.45) is 5.92 Å². The summed E-state index contributed by atoms with van der Waals surface area (Å²) in [6.07, 6.45) is 1.09. The zero-order valence-electron chi connectivity index (χ0n) is 21.9. The van der Waals surface area contributed by atoms with Crippen LogP contribution in [0.2, 0.25) is 0 Å². The molecule has 2 atom stereocenters. The highest BCUT2D eigenvalue weighted by Gasteiger charge is 2.37. The molecule has 2 fully saturated rings. The predicted octanol–water partition coefficient (Wildman–Crippen LogP) is 2.27. The maximum atomic E-state index is 13.5. The van der Waals surface area contributed by atoms with Gasteiger partial charge in [-0.1, -0.05) is 12.1 Å². The lowest BCUT2D eigenvalue weighted by molar-refractivity contribution is -0.120. The Morgan fingerprint density at radius 2 is 1.78 bits per heavy atom. The maximum absolute atomic E-state index is 13.5. The highest BCUT2D eigenvalue weighted by molar-refractivity contribution is 7.90. The van der Waals surface area contributed by atoms with E-state index in [1.54, 1.807) is 24.1 Å². The Balaban J connectivity index is 0.00000380. The number of aromatic nitrogens is 1. The van der Waals surface area contributed by atoms with Crippen LogP contribution >= 0.6 is 12.4 Å². The number of pyridine rings is 1. The Bertz CT molecular complexity index is 1290. The number of methoxy groups -OCH3 is 1. The first-order valence-electron chi connectivity index (χ1n) is 12.1. The second-order valence-electron chi connectivity index (χ2n) is 9.78. The lowest BCUT2D eigenvalue weighted by Gasteiger charge is -2.36. The van der Waals surface area contributed by atoms with Gasteiger partial charge in [0.05, 0.1) is 23.0 Å². The molecular weight excluding hydrogens is 516 g/mol. The van der Waals surface area contributed by atoms with Crippen LogP contribution in [0.25, 0.3) is 0 Å². The summed E-state index contributed by atoms with van der Waals surface area (Å²) >= 11 is 0. The number of sulfone groups is 1. The number of benzene rings is 1. The van der Waals surface area contributed by atoms with Gasteiger partial charge in [-0.3, -0.25) is 9.59 Å². The third kappa shape index (κ3) is 5.91. The minimum absolute atomic E-state index is 0. The number of rotatable bonds is 6. The molecule has 2 saturated heterocycles. The molecule has 0 aliphatic carbocycles. The lowest BCUT2D eigenvalue weighted by Crippen LogP contribution is -2.49. The van der Waals surface area contributed by atoms with E-state index in [0.717, 1.165) is 28.9 Å². The summed E-state index contributed by atoms with van der Waals surface area (Å²) < 4.78 is 30.7. The molecule has 202 valence electrons. The fourth-order valence-corrected chi connectivity index (χ4v) is 6.03. The highest BCUT2D eigenvalue weighted by atomic mass is 35.5.